The van der Waals surface area contributed by atoms with E-state index < -0.39 is 15.9 Å². The van der Waals surface area contributed by atoms with Gasteiger partial charge in [-0.25, -0.2) is 4.98 Å². The summed E-state index contributed by atoms with van der Waals surface area (Å²) in [6, 6.07) is 5.80. The number of carbonyl (C=O) groups excluding carboxylic acids is 1. The molecule has 0 saturated heterocycles. The number of aromatic amines is 1. The maximum atomic E-state index is 12.0. The van der Waals surface area contributed by atoms with Gasteiger partial charge in [-0.15, -0.1) is 0 Å². The molecule has 19 heavy (non-hydrogen) atoms. The zero-order valence-electron chi connectivity index (χ0n) is 10.0. The van der Waals surface area contributed by atoms with E-state index in [2.05, 4.69) is 14.7 Å². The van der Waals surface area contributed by atoms with Crippen LogP contribution in [0.1, 0.15) is 16.2 Å². The number of aryl methyl sites for hydroxylation is 1. The van der Waals surface area contributed by atoms with E-state index in [9.17, 15) is 13.2 Å². The smallest absolute Gasteiger partial charge is 0.278 e. The van der Waals surface area contributed by atoms with Crippen LogP contribution in [-0.2, 0) is 10.0 Å². The van der Waals surface area contributed by atoms with Gasteiger partial charge in [0.25, 0.3) is 10.0 Å². The number of hydrogen-bond donors (Lipinski definition) is 3. The van der Waals surface area contributed by atoms with Gasteiger partial charge in [-0.3, -0.25) is 9.52 Å². The third kappa shape index (κ3) is 2.91. The van der Waals surface area contributed by atoms with Crippen LogP contribution in [-0.4, -0.2) is 24.3 Å². The highest BCUT2D eigenvalue weighted by molar-refractivity contribution is 7.92. The molecule has 4 N–H and O–H groups in total. The molecule has 0 unspecified atom stereocenters. The number of nitrogens with zero attached hydrogens (tertiary/aromatic N) is 1. The van der Waals surface area contributed by atoms with Crippen molar-refractivity contribution in [2.75, 3.05) is 4.72 Å². The molecule has 2 rings (SSSR count). The predicted molar refractivity (Wildman–Crippen MR) is 69.1 cm³/mol. The molecule has 100 valence electrons. The molecule has 2 aromatic rings. The van der Waals surface area contributed by atoms with Gasteiger partial charge in [-0.1, -0.05) is 0 Å². The molecule has 1 amide bonds. The Morgan fingerprint density at radius 1 is 1.32 bits per heavy atom. The van der Waals surface area contributed by atoms with Crippen molar-refractivity contribution in [3.63, 3.8) is 0 Å². The molecule has 0 aliphatic rings. The summed E-state index contributed by atoms with van der Waals surface area (Å²) in [6.45, 7) is 1.65. The summed E-state index contributed by atoms with van der Waals surface area (Å²) >= 11 is 0. The lowest BCUT2D eigenvalue weighted by Crippen LogP contribution is -2.14. The normalized spacial score (nSPS) is 11.2. The van der Waals surface area contributed by atoms with E-state index in [-0.39, 0.29) is 5.03 Å². The number of carbonyl (C=O) groups is 1. The Kier molecular flexibility index (Phi) is 3.26. The average Bonchev–Trinajstić information content (AvgIpc) is 2.77. The molecule has 1 aromatic heterocycles. The van der Waals surface area contributed by atoms with Crippen molar-refractivity contribution in [3.8, 4) is 0 Å². The van der Waals surface area contributed by atoms with Crippen LogP contribution in [0.2, 0.25) is 0 Å². The fourth-order valence-corrected chi connectivity index (χ4v) is 2.48. The Morgan fingerprint density at radius 2 is 1.95 bits per heavy atom. The number of anilines is 1. The average molecular weight is 280 g/mol. The molecule has 7 nitrogen and oxygen atoms in total. The topological polar surface area (TPSA) is 118 Å². The van der Waals surface area contributed by atoms with E-state index in [1.807, 2.05) is 0 Å². The van der Waals surface area contributed by atoms with Crippen molar-refractivity contribution in [2.45, 2.75) is 11.9 Å². The van der Waals surface area contributed by atoms with E-state index in [1.165, 1.54) is 30.5 Å². The molecule has 0 radical (unpaired) electrons. The molecular formula is C11H12N4O3S. The van der Waals surface area contributed by atoms with Crippen molar-refractivity contribution in [2.24, 2.45) is 5.73 Å². The number of H-pyrrole nitrogens is 1. The number of aromatic nitrogens is 2. The minimum absolute atomic E-state index is 0.0241. The Hall–Kier alpha value is -2.35. The van der Waals surface area contributed by atoms with Gasteiger partial charge in [0.05, 0.1) is 6.20 Å². The Morgan fingerprint density at radius 3 is 2.42 bits per heavy atom. The van der Waals surface area contributed by atoms with Gasteiger partial charge in [0.15, 0.2) is 5.03 Å². The lowest BCUT2D eigenvalue weighted by Gasteiger charge is -2.06. The van der Waals surface area contributed by atoms with Crippen LogP contribution in [0.25, 0.3) is 0 Å². The molecule has 8 heteroatoms. The van der Waals surface area contributed by atoms with Crippen LogP contribution in [0.5, 0.6) is 0 Å². The third-order valence-electron chi connectivity index (χ3n) is 2.39. The van der Waals surface area contributed by atoms with Gasteiger partial charge in [0, 0.05) is 11.3 Å². The standard InChI is InChI=1S/C11H12N4O3S/c1-7-13-6-10(14-7)19(17,18)15-9-4-2-8(3-5-9)11(12)16/h2-6,15H,1H3,(H2,12,16)(H,13,14). The van der Waals surface area contributed by atoms with Gasteiger partial charge in [0.2, 0.25) is 5.91 Å². The number of sulfonamides is 1. The van der Waals surface area contributed by atoms with Crippen LogP contribution in [0.3, 0.4) is 0 Å². The number of primary amides is 1. The molecule has 0 atom stereocenters. The number of benzene rings is 1. The highest BCUT2D eigenvalue weighted by Gasteiger charge is 2.16. The minimum Gasteiger partial charge on any atom is -0.366 e. The molecule has 0 aliphatic heterocycles. The number of rotatable bonds is 4. The Balaban J connectivity index is 2.23. The molecule has 0 spiro atoms. The second-order valence-electron chi connectivity index (χ2n) is 3.88. The molecule has 0 aliphatic carbocycles. The van der Waals surface area contributed by atoms with Crippen molar-refractivity contribution < 1.29 is 13.2 Å². The van der Waals surface area contributed by atoms with E-state index in [4.69, 9.17) is 5.73 Å². The second-order valence-corrected chi connectivity index (χ2v) is 5.53. The fourth-order valence-electron chi connectivity index (χ4n) is 1.45. The van der Waals surface area contributed by atoms with Crippen molar-refractivity contribution >= 4 is 21.6 Å². The summed E-state index contributed by atoms with van der Waals surface area (Å²) in [7, 11) is -3.71. The highest BCUT2D eigenvalue weighted by Crippen LogP contribution is 2.15. The first-order valence-electron chi connectivity index (χ1n) is 5.33. The van der Waals surface area contributed by atoms with Crippen LogP contribution in [0.15, 0.2) is 35.5 Å². The molecular weight excluding hydrogens is 268 g/mol. The van der Waals surface area contributed by atoms with Gasteiger partial charge in [-0.05, 0) is 31.2 Å². The molecule has 0 fully saturated rings. The van der Waals surface area contributed by atoms with E-state index >= 15 is 0 Å². The largest absolute Gasteiger partial charge is 0.366 e. The third-order valence-corrected chi connectivity index (χ3v) is 3.68. The quantitative estimate of drug-likeness (QED) is 0.760. The monoisotopic (exact) mass is 280 g/mol. The number of hydrogen-bond acceptors (Lipinski definition) is 4. The molecule has 1 heterocycles. The zero-order valence-corrected chi connectivity index (χ0v) is 10.9. The van der Waals surface area contributed by atoms with Crippen LogP contribution in [0, 0.1) is 6.92 Å². The lowest BCUT2D eigenvalue weighted by molar-refractivity contribution is 0.100. The number of nitrogens with two attached hydrogens (primary N) is 1. The summed E-state index contributed by atoms with van der Waals surface area (Å²) in [5.41, 5.74) is 5.73. The first-order valence-corrected chi connectivity index (χ1v) is 6.81. The second kappa shape index (κ2) is 4.73. The van der Waals surface area contributed by atoms with Crippen molar-refractivity contribution in [3.05, 3.63) is 41.9 Å². The first kappa shape index (κ1) is 13.1. The maximum absolute atomic E-state index is 12.0. The number of imidazole rings is 1. The van der Waals surface area contributed by atoms with E-state index in [0.29, 0.717) is 17.1 Å². The summed E-state index contributed by atoms with van der Waals surface area (Å²) in [5, 5.41) is -0.0241. The molecule has 1 aromatic carbocycles. The van der Waals surface area contributed by atoms with E-state index in [1.54, 1.807) is 6.92 Å². The van der Waals surface area contributed by atoms with Crippen molar-refractivity contribution in [1.82, 2.24) is 9.97 Å². The van der Waals surface area contributed by atoms with Crippen LogP contribution < -0.4 is 10.5 Å². The molecule has 0 saturated carbocycles. The van der Waals surface area contributed by atoms with Gasteiger partial charge in [0.1, 0.15) is 5.82 Å². The summed E-state index contributed by atoms with van der Waals surface area (Å²) < 4.78 is 26.3. The van der Waals surface area contributed by atoms with Crippen LogP contribution in [0.4, 0.5) is 5.69 Å². The zero-order chi connectivity index (χ0) is 14.0. The summed E-state index contributed by atoms with van der Waals surface area (Å²) in [5.74, 6) is -0.0666. The van der Waals surface area contributed by atoms with Gasteiger partial charge >= 0.3 is 0 Å². The van der Waals surface area contributed by atoms with Crippen LogP contribution >= 0.6 is 0 Å². The van der Waals surface area contributed by atoms with Crippen molar-refractivity contribution in [1.29, 1.82) is 0 Å². The first-order chi connectivity index (χ1) is 8.88. The number of nitrogens with one attached hydrogen (secondary N) is 2. The highest BCUT2D eigenvalue weighted by atomic mass is 32.2. The fraction of sp³-hybridized carbons (Fsp3) is 0.0909. The SMILES string of the molecule is Cc1ncc(S(=O)(=O)Nc2ccc(C(N)=O)cc2)[nH]1. The Bertz CT molecular complexity index is 704. The van der Waals surface area contributed by atoms with E-state index in [0.717, 1.165) is 0 Å². The number of amides is 1. The van der Waals surface area contributed by atoms with Gasteiger partial charge in [-0.2, -0.15) is 8.42 Å². The van der Waals surface area contributed by atoms with Gasteiger partial charge < -0.3 is 10.7 Å². The summed E-state index contributed by atoms with van der Waals surface area (Å²) in [4.78, 5) is 17.3. The predicted octanol–water partition coefficient (Wildman–Crippen LogP) is 0.618. The summed E-state index contributed by atoms with van der Waals surface area (Å²) in [6.07, 6.45) is 1.23. The lowest BCUT2D eigenvalue weighted by atomic mass is 10.2. The Labute approximate surface area is 109 Å². The molecule has 0 bridgehead atoms. The minimum atomic E-state index is -3.71. The maximum Gasteiger partial charge on any atom is 0.278 e.